The van der Waals surface area contributed by atoms with Crippen LogP contribution in [-0.2, 0) is 23.7 Å². The van der Waals surface area contributed by atoms with Crippen LogP contribution in [0.4, 0.5) is 0 Å². The summed E-state index contributed by atoms with van der Waals surface area (Å²) in [5, 5.41) is 23.8. The Balaban J connectivity index is 1.56. The number of rotatable bonds is 5. The maximum atomic E-state index is 12.0. The second-order valence-corrected chi connectivity index (χ2v) is 12.0. The van der Waals surface area contributed by atoms with E-state index in [-0.39, 0.29) is 54.1 Å². The summed E-state index contributed by atoms with van der Waals surface area (Å²) in [4.78, 5) is 2.56. The fourth-order valence-corrected chi connectivity index (χ4v) is 11.4. The quantitative estimate of drug-likeness (QED) is 0.612. The van der Waals surface area contributed by atoms with E-state index in [4.69, 9.17) is 23.7 Å². The van der Waals surface area contributed by atoms with Crippen molar-refractivity contribution in [2.75, 3.05) is 47.8 Å². The Kier molecular flexibility index (Phi) is 4.46. The summed E-state index contributed by atoms with van der Waals surface area (Å²) in [6.45, 7) is 4.83. The monoisotopic (exact) mass is 465 g/mol. The summed E-state index contributed by atoms with van der Waals surface area (Å²) in [5.41, 5.74) is -1.99. The van der Waals surface area contributed by atoms with Gasteiger partial charge in [0.05, 0.1) is 37.1 Å². The van der Waals surface area contributed by atoms with Crippen molar-refractivity contribution in [1.29, 1.82) is 0 Å². The highest BCUT2D eigenvalue weighted by Gasteiger charge is 2.93. The summed E-state index contributed by atoms with van der Waals surface area (Å²) in [6, 6.07) is -0.0180. The Morgan fingerprint density at radius 3 is 2.64 bits per heavy atom. The number of aliphatic hydroxyl groups excluding tert-OH is 2. The van der Waals surface area contributed by atoms with E-state index >= 15 is 0 Å². The van der Waals surface area contributed by atoms with Gasteiger partial charge in [-0.05, 0) is 31.7 Å². The molecule has 7 aliphatic rings. The zero-order valence-electron chi connectivity index (χ0n) is 20.2. The van der Waals surface area contributed by atoms with Gasteiger partial charge in [-0.15, -0.1) is 0 Å². The van der Waals surface area contributed by atoms with Crippen LogP contribution in [0.2, 0.25) is 0 Å². The number of piperidine rings is 1. The van der Waals surface area contributed by atoms with E-state index in [0.29, 0.717) is 13.0 Å². The number of methoxy groups -OCH3 is 3. The molecule has 7 bridgehead atoms. The Morgan fingerprint density at radius 2 is 1.94 bits per heavy atom. The lowest BCUT2D eigenvalue weighted by Crippen LogP contribution is -2.81. The van der Waals surface area contributed by atoms with Crippen molar-refractivity contribution < 1.29 is 33.9 Å². The molecule has 3 spiro atoms. The highest BCUT2D eigenvalue weighted by Crippen LogP contribution is 2.82. The van der Waals surface area contributed by atoms with Crippen molar-refractivity contribution in [3.05, 3.63) is 0 Å². The third-order valence-electron chi connectivity index (χ3n) is 11.8. The molecule has 0 radical (unpaired) electrons. The van der Waals surface area contributed by atoms with Crippen LogP contribution < -0.4 is 0 Å². The van der Waals surface area contributed by atoms with Crippen LogP contribution in [0.3, 0.4) is 0 Å². The molecule has 5 saturated carbocycles. The van der Waals surface area contributed by atoms with Crippen molar-refractivity contribution in [1.82, 2.24) is 4.90 Å². The number of likely N-dealkylation sites (tertiary alicyclic amines) is 1. The van der Waals surface area contributed by atoms with Gasteiger partial charge < -0.3 is 33.9 Å². The van der Waals surface area contributed by atoms with Gasteiger partial charge in [-0.2, -0.15) is 0 Å². The molecule has 2 aliphatic heterocycles. The Labute approximate surface area is 195 Å². The van der Waals surface area contributed by atoms with Crippen molar-refractivity contribution in [3.63, 3.8) is 0 Å². The summed E-state index contributed by atoms with van der Waals surface area (Å²) >= 11 is 0. The zero-order chi connectivity index (χ0) is 23.0. The fraction of sp³-hybridized carbons (Fsp3) is 1.00. The third kappa shape index (κ3) is 1.98. The first kappa shape index (κ1) is 21.9. The van der Waals surface area contributed by atoms with Crippen molar-refractivity contribution in [2.24, 2.45) is 34.5 Å². The van der Waals surface area contributed by atoms with Crippen molar-refractivity contribution >= 4 is 0 Å². The molecular formula is C25H39NO7. The predicted molar refractivity (Wildman–Crippen MR) is 116 cm³/mol. The smallest absolute Gasteiger partial charge is 0.148 e. The molecule has 0 aromatic carbocycles. The van der Waals surface area contributed by atoms with E-state index in [2.05, 4.69) is 11.8 Å². The second kappa shape index (κ2) is 6.71. The minimum Gasteiger partial charge on any atom is -0.392 e. The molecule has 7 rings (SSSR count). The maximum absolute atomic E-state index is 12.0. The van der Waals surface area contributed by atoms with Crippen LogP contribution in [0, 0.1) is 34.5 Å². The van der Waals surface area contributed by atoms with Gasteiger partial charge in [-0.3, -0.25) is 4.90 Å². The average Bonchev–Trinajstić information content (AvgIpc) is 3.36. The van der Waals surface area contributed by atoms with Crippen LogP contribution in [0.15, 0.2) is 0 Å². The van der Waals surface area contributed by atoms with Gasteiger partial charge in [-0.1, -0.05) is 6.92 Å². The number of ether oxygens (including phenoxy) is 5. The van der Waals surface area contributed by atoms with Crippen LogP contribution in [0.1, 0.15) is 32.6 Å². The summed E-state index contributed by atoms with van der Waals surface area (Å²) in [6.07, 6.45) is 1.90. The average molecular weight is 466 g/mol. The van der Waals surface area contributed by atoms with Crippen molar-refractivity contribution in [3.8, 4) is 0 Å². The number of likely N-dealkylation sites (N-methyl/N-ethyl adjacent to an activating group) is 1. The van der Waals surface area contributed by atoms with Crippen LogP contribution in [0.5, 0.6) is 0 Å². The molecular weight excluding hydrogens is 426 g/mol. The minimum absolute atomic E-state index is 0.0180. The number of fused-ring (bicyclic) bond motifs is 1. The molecule has 2 heterocycles. The molecule has 2 saturated heterocycles. The first-order valence-corrected chi connectivity index (χ1v) is 12.9. The van der Waals surface area contributed by atoms with E-state index < -0.39 is 28.8 Å². The van der Waals surface area contributed by atoms with Gasteiger partial charge in [0.15, 0.2) is 0 Å². The zero-order valence-corrected chi connectivity index (χ0v) is 20.2. The molecule has 0 aromatic rings. The van der Waals surface area contributed by atoms with Gasteiger partial charge in [-0.25, -0.2) is 0 Å². The van der Waals surface area contributed by atoms with Crippen LogP contribution >= 0.6 is 0 Å². The molecule has 13 atom stereocenters. The highest BCUT2D eigenvalue weighted by molar-refractivity contribution is 5.42. The third-order valence-corrected chi connectivity index (χ3v) is 11.8. The topological polar surface area (TPSA) is 89.9 Å². The predicted octanol–water partition coefficient (Wildman–Crippen LogP) is 0.637. The molecule has 7 fully saturated rings. The van der Waals surface area contributed by atoms with Gasteiger partial charge in [0.1, 0.15) is 18.0 Å². The van der Waals surface area contributed by atoms with E-state index in [9.17, 15) is 10.2 Å². The lowest BCUT2D eigenvalue weighted by Gasteiger charge is -2.69. The first-order chi connectivity index (χ1) is 15.9. The molecule has 0 unspecified atom stereocenters. The van der Waals surface area contributed by atoms with Crippen LogP contribution in [0.25, 0.3) is 0 Å². The minimum atomic E-state index is -0.753. The Hall–Kier alpha value is -0.320. The summed E-state index contributed by atoms with van der Waals surface area (Å²) in [7, 11) is 5.34. The fourth-order valence-electron chi connectivity index (χ4n) is 11.4. The standard InChI is InChI=1S/C25H39NO7/c1-5-26-10-22(11-29-2)7-6-16(27)24-14-8-13-15(30-3)9-23(17(14)18(13)28)25(21(24)26,33-12-32-23)20(31-4)19(22)24/h13-21,27-28H,5-12H2,1-4H3/t13-,14-,15+,16+,17-,18-,19+,20+,21-,22-,23-,24-,25+/m0/s1. The number of aliphatic hydroxyl groups is 2. The molecule has 2 N–H and O–H groups in total. The number of nitrogens with zero attached hydrogens (tertiary/aromatic N) is 1. The lowest BCUT2D eigenvalue weighted by molar-refractivity contribution is -0.282. The number of hydrogen-bond donors (Lipinski definition) is 2. The lowest BCUT2D eigenvalue weighted by atomic mass is 9.42. The van der Waals surface area contributed by atoms with Gasteiger partial charge in [0, 0.05) is 62.9 Å². The number of hydrogen-bond acceptors (Lipinski definition) is 8. The molecule has 33 heavy (non-hydrogen) atoms. The first-order valence-electron chi connectivity index (χ1n) is 12.9. The maximum Gasteiger partial charge on any atom is 0.148 e. The van der Waals surface area contributed by atoms with E-state index in [1.54, 1.807) is 21.3 Å². The highest BCUT2D eigenvalue weighted by atomic mass is 16.7. The largest absolute Gasteiger partial charge is 0.392 e. The summed E-state index contributed by atoms with van der Waals surface area (Å²) in [5.74, 6) is 0.199. The SMILES string of the molecule is CCN1C[C@]2(COC)CC[C@@H](O)[C@]34[C@@H]2[C@@H](OC)[C@@]2(OCO[C@]25C[C@@H](OC)[C@@H]2C[C@H]3[C@H]5[C@H]2O)[C@@H]14. The van der Waals surface area contributed by atoms with Crippen molar-refractivity contribution in [2.45, 2.75) is 74.3 Å². The Bertz CT molecular complexity index is 844. The molecule has 8 nitrogen and oxygen atoms in total. The molecule has 5 aliphatic carbocycles. The van der Waals surface area contributed by atoms with Crippen LogP contribution in [-0.4, -0.2) is 105 Å². The molecule has 0 aromatic heterocycles. The van der Waals surface area contributed by atoms with E-state index in [1.807, 2.05) is 0 Å². The van der Waals surface area contributed by atoms with Gasteiger partial charge >= 0.3 is 0 Å². The second-order valence-electron chi connectivity index (χ2n) is 12.0. The van der Waals surface area contributed by atoms with E-state index in [0.717, 1.165) is 32.4 Å². The van der Waals surface area contributed by atoms with E-state index in [1.165, 1.54) is 0 Å². The van der Waals surface area contributed by atoms with Gasteiger partial charge in [0.25, 0.3) is 0 Å². The summed E-state index contributed by atoms with van der Waals surface area (Å²) < 4.78 is 31.9. The molecule has 8 heteroatoms. The normalized spacial score (nSPS) is 62.5. The van der Waals surface area contributed by atoms with Gasteiger partial charge in [0.2, 0.25) is 0 Å². The molecule has 0 amide bonds. The Morgan fingerprint density at radius 1 is 1.12 bits per heavy atom. The molecule has 186 valence electrons.